The molecule has 0 bridgehead atoms. The first-order valence-corrected chi connectivity index (χ1v) is 10.0. The SMILES string of the molecule is CCC(CC)[CH2][SbH][CH2]C(CC)CC. The van der Waals surface area contributed by atoms with Crippen molar-refractivity contribution in [3.63, 3.8) is 0 Å². The van der Waals surface area contributed by atoms with Gasteiger partial charge >= 0.3 is 95.6 Å². The van der Waals surface area contributed by atoms with Crippen LogP contribution in [0.3, 0.4) is 0 Å². The van der Waals surface area contributed by atoms with Gasteiger partial charge in [-0.2, -0.15) is 0 Å². The van der Waals surface area contributed by atoms with E-state index in [-0.39, 0.29) is 21.6 Å². The van der Waals surface area contributed by atoms with Gasteiger partial charge < -0.3 is 0 Å². The summed E-state index contributed by atoms with van der Waals surface area (Å²) in [5.74, 6) is 2.14. The average Bonchev–Trinajstić information content (AvgIpc) is 2.19. The van der Waals surface area contributed by atoms with E-state index in [9.17, 15) is 0 Å². The first-order valence-electron chi connectivity index (χ1n) is 5.99. The van der Waals surface area contributed by atoms with Crippen LogP contribution in [0.2, 0.25) is 8.73 Å². The predicted molar refractivity (Wildman–Crippen MR) is 64.9 cm³/mol. The Morgan fingerprint density at radius 3 is 1.23 bits per heavy atom. The van der Waals surface area contributed by atoms with Gasteiger partial charge in [-0.3, -0.25) is 0 Å². The summed E-state index contributed by atoms with van der Waals surface area (Å²) in [5, 5.41) is 0. The third-order valence-electron chi connectivity index (χ3n) is 3.18. The second kappa shape index (κ2) is 9.38. The van der Waals surface area contributed by atoms with Gasteiger partial charge in [0.1, 0.15) is 0 Å². The molecule has 0 radical (unpaired) electrons. The standard InChI is InChI=1S/2C6H13.Sb.H/c2*1-4-6(3)5-2;;/h2*6H,3-5H2,1-2H3;;. The van der Waals surface area contributed by atoms with Crippen molar-refractivity contribution in [1.29, 1.82) is 0 Å². The number of hydrogen-bond acceptors (Lipinski definition) is 0. The second-order valence-corrected chi connectivity index (χ2v) is 7.78. The summed E-state index contributed by atoms with van der Waals surface area (Å²) in [4.78, 5) is 0. The van der Waals surface area contributed by atoms with Crippen molar-refractivity contribution in [3.8, 4) is 0 Å². The summed E-state index contributed by atoms with van der Waals surface area (Å²) in [6, 6.07) is 0. The van der Waals surface area contributed by atoms with Gasteiger partial charge in [-0.1, -0.05) is 0 Å². The van der Waals surface area contributed by atoms with Gasteiger partial charge in [0.25, 0.3) is 0 Å². The summed E-state index contributed by atoms with van der Waals surface area (Å²) in [6.45, 7) is 9.41. The summed E-state index contributed by atoms with van der Waals surface area (Å²) >= 11 is 0.00713. The van der Waals surface area contributed by atoms with Crippen LogP contribution in [0.5, 0.6) is 0 Å². The van der Waals surface area contributed by atoms with Crippen molar-refractivity contribution in [2.75, 3.05) is 0 Å². The van der Waals surface area contributed by atoms with Crippen LogP contribution in [-0.2, 0) is 0 Å². The normalized spacial score (nSPS) is 11.5. The van der Waals surface area contributed by atoms with E-state index in [4.69, 9.17) is 0 Å². The van der Waals surface area contributed by atoms with E-state index in [1.54, 1.807) is 8.73 Å². The maximum atomic E-state index is 2.35. The molecule has 0 saturated heterocycles. The Morgan fingerprint density at radius 2 is 1.00 bits per heavy atom. The zero-order chi connectivity index (χ0) is 10.1. The van der Waals surface area contributed by atoms with Crippen molar-refractivity contribution in [1.82, 2.24) is 0 Å². The molecule has 0 atom stereocenters. The maximum absolute atomic E-state index is 2.35. The van der Waals surface area contributed by atoms with Crippen molar-refractivity contribution >= 4 is 21.6 Å². The van der Waals surface area contributed by atoms with E-state index in [1.807, 2.05) is 0 Å². The third-order valence-corrected chi connectivity index (χ3v) is 8.12. The number of hydrogen-bond donors (Lipinski definition) is 0. The Bertz CT molecular complexity index is 81.3. The molecule has 0 fully saturated rings. The molecule has 0 nitrogen and oxygen atoms in total. The van der Waals surface area contributed by atoms with Crippen LogP contribution in [0.1, 0.15) is 53.4 Å². The van der Waals surface area contributed by atoms with Crippen molar-refractivity contribution in [2.45, 2.75) is 62.1 Å². The molecule has 0 aliphatic rings. The van der Waals surface area contributed by atoms with Crippen LogP contribution in [0, 0.1) is 11.8 Å². The Labute approximate surface area is 95.4 Å². The van der Waals surface area contributed by atoms with Gasteiger partial charge in [-0.15, -0.1) is 0 Å². The molecule has 0 aromatic heterocycles. The predicted octanol–water partition coefficient (Wildman–Crippen LogP) is 4.13. The fourth-order valence-electron chi connectivity index (χ4n) is 1.65. The molecule has 0 aliphatic carbocycles. The first kappa shape index (κ1) is 13.8. The summed E-state index contributed by atoms with van der Waals surface area (Å²) in [7, 11) is 0. The Balaban J connectivity index is 3.41. The van der Waals surface area contributed by atoms with Gasteiger partial charge in [0, 0.05) is 0 Å². The fraction of sp³-hybridized carbons (Fsp3) is 1.00. The number of rotatable bonds is 8. The Hall–Kier alpha value is 0.818. The minimum absolute atomic E-state index is 0.00713. The summed E-state index contributed by atoms with van der Waals surface area (Å²) in [6.07, 6.45) is 5.67. The van der Waals surface area contributed by atoms with Crippen LogP contribution in [0.15, 0.2) is 0 Å². The molecule has 1 heteroatoms. The molecule has 0 rings (SSSR count). The Kier molecular flexibility index (Phi) is 9.97. The molecular formula is C12H27Sb. The topological polar surface area (TPSA) is 0 Å². The summed E-state index contributed by atoms with van der Waals surface area (Å²) in [5.41, 5.74) is 0. The first-order chi connectivity index (χ1) is 6.28. The van der Waals surface area contributed by atoms with Gasteiger partial charge in [0.15, 0.2) is 0 Å². The molecule has 0 aliphatic heterocycles. The van der Waals surface area contributed by atoms with E-state index in [1.165, 1.54) is 25.7 Å². The fourth-order valence-corrected chi connectivity index (χ4v) is 7.75. The second-order valence-electron chi connectivity index (χ2n) is 4.02. The average molecular weight is 293 g/mol. The quantitative estimate of drug-likeness (QED) is 0.590. The van der Waals surface area contributed by atoms with Crippen LogP contribution in [0.25, 0.3) is 0 Å². The minimum atomic E-state index is 0.00713. The van der Waals surface area contributed by atoms with Crippen LogP contribution >= 0.6 is 0 Å². The van der Waals surface area contributed by atoms with E-state index < -0.39 is 0 Å². The van der Waals surface area contributed by atoms with E-state index in [0.717, 1.165) is 11.8 Å². The molecule has 13 heavy (non-hydrogen) atoms. The van der Waals surface area contributed by atoms with Gasteiger partial charge in [-0.25, -0.2) is 0 Å². The molecule has 0 amide bonds. The molecule has 0 N–H and O–H groups in total. The van der Waals surface area contributed by atoms with Crippen molar-refractivity contribution in [3.05, 3.63) is 0 Å². The molecule has 0 aromatic carbocycles. The summed E-state index contributed by atoms with van der Waals surface area (Å²) < 4.78 is 3.26. The van der Waals surface area contributed by atoms with Gasteiger partial charge in [0.2, 0.25) is 0 Å². The molecular weight excluding hydrogens is 266 g/mol. The molecule has 0 saturated carbocycles. The van der Waals surface area contributed by atoms with Crippen LogP contribution in [-0.4, -0.2) is 21.6 Å². The third kappa shape index (κ3) is 6.83. The van der Waals surface area contributed by atoms with Crippen molar-refractivity contribution < 1.29 is 0 Å². The molecule has 0 heterocycles. The van der Waals surface area contributed by atoms with Crippen molar-refractivity contribution in [2.24, 2.45) is 11.8 Å². The van der Waals surface area contributed by atoms with E-state index in [2.05, 4.69) is 27.7 Å². The molecule has 0 aromatic rings. The van der Waals surface area contributed by atoms with Crippen LogP contribution < -0.4 is 0 Å². The van der Waals surface area contributed by atoms with Crippen LogP contribution in [0.4, 0.5) is 0 Å². The molecule has 80 valence electrons. The molecule has 0 spiro atoms. The molecule has 0 unspecified atom stereocenters. The van der Waals surface area contributed by atoms with E-state index >= 15 is 0 Å². The van der Waals surface area contributed by atoms with E-state index in [0.29, 0.717) is 0 Å². The Morgan fingerprint density at radius 1 is 0.692 bits per heavy atom. The zero-order valence-electron chi connectivity index (χ0n) is 9.90. The zero-order valence-corrected chi connectivity index (χ0v) is 12.8. The van der Waals surface area contributed by atoms with Gasteiger partial charge in [0.05, 0.1) is 0 Å². The monoisotopic (exact) mass is 292 g/mol. The van der Waals surface area contributed by atoms with Gasteiger partial charge in [-0.05, 0) is 0 Å².